The maximum Gasteiger partial charge on any atom is 0.00437 e. The van der Waals surface area contributed by atoms with Gasteiger partial charge < -0.3 is 4.90 Å². The van der Waals surface area contributed by atoms with E-state index >= 15 is 0 Å². The molecule has 0 N–H and O–H groups in total. The second-order valence-electron chi connectivity index (χ2n) is 7.18. The molecule has 1 heteroatoms. The number of fused-ring (bicyclic) bond motifs is 1. The number of nitrogens with zero attached hydrogens (tertiary/aromatic N) is 1. The van der Waals surface area contributed by atoms with E-state index in [2.05, 4.69) is 46.4 Å². The van der Waals surface area contributed by atoms with Crippen LogP contribution in [0.2, 0.25) is 0 Å². The van der Waals surface area contributed by atoms with Gasteiger partial charge in [-0.1, -0.05) is 27.7 Å². The Labute approximate surface area is 102 Å². The SMILES string of the molecule is CC(C)N1CCC2(C(C)C)C(C)CC2(C)C1. The summed E-state index contributed by atoms with van der Waals surface area (Å²) in [5.41, 5.74) is 1.22. The van der Waals surface area contributed by atoms with Crippen molar-refractivity contribution in [3.05, 3.63) is 0 Å². The quantitative estimate of drug-likeness (QED) is 0.688. The van der Waals surface area contributed by atoms with Gasteiger partial charge in [0.05, 0.1) is 0 Å². The molecule has 0 aromatic heterocycles. The van der Waals surface area contributed by atoms with E-state index in [-0.39, 0.29) is 0 Å². The molecule has 0 aromatic carbocycles. The van der Waals surface area contributed by atoms with Crippen LogP contribution in [-0.2, 0) is 0 Å². The Morgan fingerprint density at radius 1 is 1.19 bits per heavy atom. The van der Waals surface area contributed by atoms with Crippen LogP contribution < -0.4 is 0 Å². The van der Waals surface area contributed by atoms with E-state index in [1.54, 1.807) is 0 Å². The predicted octanol–water partition coefficient (Wildman–Crippen LogP) is 3.79. The first-order valence-corrected chi connectivity index (χ1v) is 7.07. The fraction of sp³-hybridized carbons (Fsp3) is 1.00. The topological polar surface area (TPSA) is 3.24 Å². The molecule has 1 nitrogen and oxygen atoms in total. The Kier molecular flexibility index (Phi) is 2.89. The van der Waals surface area contributed by atoms with Crippen LogP contribution >= 0.6 is 0 Å². The van der Waals surface area contributed by atoms with Gasteiger partial charge in [-0.05, 0) is 55.9 Å². The minimum Gasteiger partial charge on any atom is -0.300 e. The highest BCUT2D eigenvalue weighted by Crippen LogP contribution is 2.67. The molecule has 1 saturated carbocycles. The standard InChI is InChI=1S/C15H29N/c1-11(2)15-7-8-16(12(3)4)10-14(15,6)9-13(15)5/h11-13H,7-10H2,1-6H3. The highest BCUT2D eigenvalue weighted by atomic mass is 15.2. The van der Waals surface area contributed by atoms with Gasteiger partial charge in [0.15, 0.2) is 0 Å². The first kappa shape index (κ1) is 12.4. The number of hydrogen-bond donors (Lipinski definition) is 0. The summed E-state index contributed by atoms with van der Waals surface area (Å²) in [5.74, 6) is 1.78. The lowest BCUT2D eigenvalue weighted by Crippen LogP contribution is -2.67. The second-order valence-corrected chi connectivity index (χ2v) is 7.18. The van der Waals surface area contributed by atoms with E-state index in [9.17, 15) is 0 Å². The molecule has 0 amide bonds. The highest BCUT2D eigenvalue weighted by Gasteiger charge is 2.63. The molecular weight excluding hydrogens is 194 g/mol. The van der Waals surface area contributed by atoms with E-state index in [4.69, 9.17) is 0 Å². The van der Waals surface area contributed by atoms with Gasteiger partial charge in [-0.25, -0.2) is 0 Å². The molecule has 2 aliphatic rings. The smallest absolute Gasteiger partial charge is 0.00437 e. The van der Waals surface area contributed by atoms with Crippen LogP contribution in [-0.4, -0.2) is 24.0 Å². The third-order valence-corrected chi connectivity index (χ3v) is 5.89. The zero-order valence-electron chi connectivity index (χ0n) is 12.0. The second kappa shape index (κ2) is 3.73. The van der Waals surface area contributed by atoms with Crippen LogP contribution in [0.1, 0.15) is 54.4 Å². The van der Waals surface area contributed by atoms with Gasteiger partial charge in [-0.3, -0.25) is 0 Å². The molecule has 94 valence electrons. The minimum absolute atomic E-state index is 0.586. The van der Waals surface area contributed by atoms with E-state index in [0.29, 0.717) is 10.8 Å². The van der Waals surface area contributed by atoms with Crippen molar-refractivity contribution in [2.24, 2.45) is 22.7 Å². The average molecular weight is 223 g/mol. The maximum atomic E-state index is 2.69. The summed E-state index contributed by atoms with van der Waals surface area (Å²) >= 11 is 0. The first-order chi connectivity index (χ1) is 7.33. The van der Waals surface area contributed by atoms with Crippen LogP contribution in [0.3, 0.4) is 0 Å². The van der Waals surface area contributed by atoms with E-state index in [1.165, 1.54) is 25.9 Å². The minimum atomic E-state index is 0.586. The molecule has 0 bridgehead atoms. The summed E-state index contributed by atoms with van der Waals surface area (Å²) in [6, 6.07) is 0.720. The number of piperidine rings is 1. The summed E-state index contributed by atoms with van der Waals surface area (Å²) in [7, 11) is 0. The summed E-state index contributed by atoms with van der Waals surface area (Å²) in [6.07, 6.45) is 2.86. The lowest BCUT2D eigenvalue weighted by atomic mass is 9.39. The van der Waals surface area contributed by atoms with Crippen LogP contribution in [0.15, 0.2) is 0 Å². The van der Waals surface area contributed by atoms with Crippen molar-refractivity contribution >= 4 is 0 Å². The van der Waals surface area contributed by atoms with E-state index in [0.717, 1.165) is 17.9 Å². The van der Waals surface area contributed by atoms with Crippen molar-refractivity contribution in [1.29, 1.82) is 0 Å². The van der Waals surface area contributed by atoms with Crippen LogP contribution in [0.5, 0.6) is 0 Å². The Balaban J connectivity index is 2.21. The Morgan fingerprint density at radius 2 is 1.81 bits per heavy atom. The lowest BCUT2D eigenvalue weighted by molar-refractivity contribution is -0.206. The van der Waals surface area contributed by atoms with Gasteiger partial charge in [-0.2, -0.15) is 0 Å². The van der Waals surface area contributed by atoms with E-state index in [1.807, 2.05) is 0 Å². The van der Waals surface area contributed by atoms with Crippen molar-refractivity contribution in [2.75, 3.05) is 13.1 Å². The van der Waals surface area contributed by atoms with Gasteiger partial charge in [-0.15, -0.1) is 0 Å². The molecule has 3 atom stereocenters. The molecule has 2 fully saturated rings. The molecule has 0 spiro atoms. The predicted molar refractivity (Wildman–Crippen MR) is 70.5 cm³/mol. The average Bonchev–Trinajstić information content (AvgIpc) is 2.14. The third-order valence-electron chi connectivity index (χ3n) is 5.89. The van der Waals surface area contributed by atoms with Gasteiger partial charge in [0.1, 0.15) is 0 Å². The van der Waals surface area contributed by atoms with Crippen LogP contribution in [0, 0.1) is 22.7 Å². The molecule has 0 radical (unpaired) electrons. The van der Waals surface area contributed by atoms with Crippen molar-refractivity contribution in [2.45, 2.75) is 60.4 Å². The summed E-state index contributed by atoms with van der Waals surface area (Å²) in [4.78, 5) is 2.69. The Bertz CT molecular complexity index is 264. The number of likely N-dealkylation sites (tertiary alicyclic amines) is 1. The van der Waals surface area contributed by atoms with E-state index < -0.39 is 0 Å². The zero-order valence-corrected chi connectivity index (χ0v) is 12.0. The highest BCUT2D eigenvalue weighted by molar-refractivity contribution is 5.13. The van der Waals surface area contributed by atoms with Crippen LogP contribution in [0.4, 0.5) is 0 Å². The van der Waals surface area contributed by atoms with Crippen molar-refractivity contribution in [1.82, 2.24) is 4.90 Å². The van der Waals surface area contributed by atoms with Gasteiger partial charge >= 0.3 is 0 Å². The lowest BCUT2D eigenvalue weighted by Gasteiger charge is -2.69. The van der Waals surface area contributed by atoms with Gasteiger partial charge in [0.2, 0.25) is 0 Å². The summed E-state index contributed by atoms with van der Waals surface area (Å²) < 4.78 is 0. The number of rotatable bonds is 2. The normalized spacial score (nSPS) is 44.6. The molecule has 1 saturated heterocycles. The molecule has 1 aliphatic carbocycles. The molecule has 0 aromatic rings. The fourth-order valence-electron chi connectivity index (χ4n) is 5.12. The molecule has 1 heterocycles. The third kappa shape index (κ3) is 1.40. The van der Waals surface area contributed by atoms with Crippen molar-refractivity contribution in [3.63, 3.8) is 0 Å². The molecule has 16 heavy (non-hydrogen) atoms. The summed E-state index contributed by atoms with van der Waals surface area (Å²) in [5, 5.41) is 0. The number of hydrogen-bond acceptors (Lipinski definition) is 1. The summed E-state index contributed by atoms with van der Waals surface area (Å²) in [6.45, 7) is 17.2. The van der Waals surface area contributed by atoms with Gasteiger partial charge in [0.25, 0.3) is 0 Å². The largest absolute Gasteiger partial charge is 0.300 e. The van der Waals surface area contributed by atoms with Gasteiger partial charge in [0, 0.05) is 12.6 Å². The van der Waals surface area contributed by atoms with Crippen molar-refractivity contribution < 1.29 is 0 Å². The Hall–Kier alpha value is -0.0400. The maximum absolute atomic E-state index is 2.69. The monoisotopic (exact) mass is 223 g/mol. The molecule has 2 rings (SSSR count). The van der Waals surface area contributed by atoms with Crippen molar-refractivity contribution in [3.8, 4) is 0 Å². The molecular formula is C15H29N. The fourth-order valence-corrected chi connectivity index (χ4v) is 5.12. The van der Waals surface area contributed by atoms with Crippen LogP contribution in [0.25, 0.3) is 0 Å². The molecule has 3 unspecified atom stereocenters. The first-order valence-electron chi connectivity index (χ1n) is 7.07. The Morgan fingerprint density at radius 3 is 2.19 bits per heavy atom. The zero-order chi connectivity index (χ0) is 12.1. The molecule has 1 aliphatic heterocycles.